The molecule has 0 spiro atoms. The van der Waals surface area contributed by atoms with Gasteiger partial charge in [-0.05, 0) is 36.8 Å². The molecule has 3 rings (SSSR count). The maximum absolute atomic E-state index is 5.97. The first-order valence-corrected chi connectivity index (χ1v) is 6.60. The molecule has 0 fully saturated rings. The number of nitrogens with one attached hydrogen (secondary N) is 2. The maximum atomic E-state index is 5.97. The van der Waals surface area contributed by atoms with E-state index in [1.807, 2.05) is 37.4 Å². The van der Waals surface area contributed by atoms with Crippen LogP contribution in [0.3, 0.4) is 0 Å². The fourth-order valence-corrected chi connectivity index (χ4v) is 2.56. The number of ether oxygens (including phenoxy) is 1. The summed E-state index contributed by atoms with van der Waals surface area (Å²) in [5.41, 5.74) is 10.2. The third-order valence-electron chi connectivity index (χ3n) is 3.61. The van der Waals surface area contributed by atoms with Crippen molar-refractivity contribution in [1.29, 1.82) is 0 Å². The van der Waals surface area contributed by atoms with Crippen LogP contribution in [0.2, 0.25) is 0 Å². The van der Waals surface area contributed by atoms with E-state index in [9.17, 15) is 0 Å². The number of hydrogen-bond donors (Lipinski definition) is 3. The number of nitrogens with two attached hydrogens (primary N) is 1. The normalized spacial score (nSPS) is 12.8. The van der Waals surface area contributed by atoms with Crippen LogP contribution in [-0.4, -0.2) is 28.8 Å². The summed E-state index contributed by atoms with van der Waals surface area (Å²) in [6, 6.07) is 8.03. The molecule has 0 saturated heterocycles. The van der Waals surface area contributed by atoms with Crippen LogP contribution in [0.1, 0.15) is 22.9 Å². The van der Waals surface area contributed by atoms with Gasteiger partial charge in [-0.3, -0.25) is 5.10 Å². The number of fused-ring (bicyclic) bond motifs is 1. The summed E-state index contributed by atoms with van der Waals surface area (Å²) in [6.45, 7) is 2.50. The van der Waals surface area contributed by atoms with Gasteiger partial charge in [0.1, 0.15) is 5.75 Å². The number of aryl methyl sites for hydroxylation is 1. The number of aromatic amines is 2. The van der Waals surface area contributed by atoms with Crippen molar-refractivity contribution in [3.63, 3.8) is 0 Å². The van der Waals surface area contributed by atoms with Gasteiger partial charge in [-0.15, -0.1) is 0 Å². The van der Waals surface area contributed by atoms with E-state index in [0.717, 1.165) is 33.6 Å². The minimum Gasteiger partial charge on any atom is -0.497 e. The Hall–Kier alpha value is -2.27. The lowest BCUT2D eigenvalue weighted by molar-refractivity contribution is 0.415. The Labute approximate surface area is 117 Å². The summed E-state index contributed by atoms with van der Waals surface area (Å²) >= 11 is 0. The Morgan fingerprint density at radius 2 is 2.20 bits per heavy atom. The number of benzene rings is 1. The molecule has 0 saturated carbocycles. The third-order valence-corrected chi connectivity index (χ3v) is 3.61. The summed E-state index contributed by atoms with van der Waals surface area (Å²) in [5, 5.41) is 8.44. The Morgan fingerprint density at radius 1 is 1.35 bits per heavy atom. The van der Waals surface area contributed by atoms with Crippen LogP contribution in [0.25, 0.3) is 10.9 Å². The van der Waals surface area contributed by atoms with Gasteiger partial charge in [-0.1, -0.05) is 0 Å². The molecule has 5 nitrogen and oxygen atoms in total. The van der Waals surface area contributed by atoms with E-state index in [0.29, 0.717) is 6.54 Å². The monoisotopic (exact) mass is 270 g/mol. The minimum atomic E-state index is 0.0702. The molecule has 0 radical (unpaired) electrons. The molecule has 0 amide bonds. The second kappa shape index (κ2) is 5.02. The lowest BCUT2D eigenvalue weighted by Gasteiger charge is -2.11. The first kappa shape index (κ1) is 12.7. The third kappa shape index (κ3) is 2.06. The highest BCUT2D eigenvalue weighted by Crippen LogP contribution is 2.31. The molecule has 2 aromatic heterocycles. The van der Waals surface area contributed by atoms with Gasteiger partial charge in [0.15, 0.2) is 0 Å². The molecule has 2 heterocycles. The maximum Gasteiger partial charge on any atom is 0.119 e. The Balaban J connectivity index is 2.11. The average Bonchev–Trinajstić information content (AvgIpc) is 3.07. The van der Waals surface area contributed by atoms with Crippen molar-refractivity contribution < 1.29 is 4.74 Å². The standard InChI is InChI=1S/C15H18N4O/c1-9-5-15(19-18-9)12(7-16)13-8-17-14-4-3-10(20-2)6-11(13)14/h3-6,8,12,17H,7,16H2,1-2H3,(H,18,19). The first-order chi connectivity index (χ1) is 9.72. The molecule has 5 heteroatoms. The first-order valence-electron chi connectivity index (χ1n) is 6.60. The van der Waals surface area contributed by atoms with Gasteiger partial charge in [0, 0.05) is 35.3 Å². The molecular weight excluding hydrogens is 252 g/mol. The number of hydrogen-bond acceptors (Lipinski definition) is 3. The smallest absolute Gasteiger partial charge is 0.119 e. The largest absolute Gasteiger partial charge is 0.497 e. The lowest BCUT2D eigenvalue weighted by atomic mass is 9.95. The second-order valence-electron chi connectivity index (χ2n) is 4.92. The van der Waals surface area contributed by atoms with Crippen molar-refractivity contribution in [3.8, 4) is 5.75 Å². The summed E-state index contributed by atoms with van der Waals surface area (Å²) < 4.78 is 5.30. The van der Waals surface area contributed by atoms with Crippen LogP contribution in [-0.2, 0) is 0 Å². The van der Waals surface area contributed by atoms with E-state index < -0.39 is 0 Å². The predicted molar refractivity (Wildman–Crippen MR) is 79.1 cm³/mol. The summed E-state index contributed by atoms with van der Waals surface area (Å²) in [5.74, 6) is 0.910. The summed E-state index contributed by atoms with van der Waals surface area (Å²) in [7, 11) is 1.67. The van der Waals surface area contributed by atoms with E-state index in [1.165, 1.54) is 0 Å². The van der Waals surface area contributed by atoms with Gasteiger partial charge in [0.05, 0.1) is 12.8 Å². The number of rotatable bonds is 4. The minimum absolute atomic E-state index is 0.0702. The van der Waals surface area contributed by atoms with Crippen LogP contribution in [0.15, 0.2) is 30.5 Å². The molecule has 0 aliphatic heterocycles. The van der Waals surface area contributed by atoms with E-state index in [-0.39, 0.29) is 5.92 Å². The fraction of sp³-hybridized carbons (Fsp3) is 0.267. The van der Waals surface area contributed by atoms with Crippen LogP contribution in [0, 0.1) is 6.92 Å². The molecule has 1 atom stereocenters. The number of nitrogens with zero attached hydrogens (tertiary/aromatic N) is 1. The Kier molecular flexibility index (Phi) is 3.20. The molecule has 4 N–H and O–H groups in total. The number of methoxy groups -OCH3 is 1. The number of aromatic nitrogens is 3. The highest BCUT2D eigenvalue weighted by atomic mass is 16.5. The predicted octanol–water partition coefficient (Wildman–Crippen LogP) is 2.30. The zero-order valence-corrected chi connectivity index (χ0v) is 11.6. The molecule has 0 aliphatic carbocycles. The van der Waals surface area contributed by atoms with Crippen LogP contribution in [0.4, 0.5) is 0 Å². The molecule has 1 aromatic carbocycles. The van der Waals surface area contributed by atoms with Gasteiger partial charge in [0.2, 0.25) is 0 Å². The van der Waals surface area contributed by atoms with Crippen molar-refractivity contribution in [3.05, 3.63) is 47.4 Å². The van der Waals surface area contributed by atoms with Gasteiger partial charge < -0.3 is 15.5 Å². The molecule has 104 valence electrons. The molecule has 0 aliphatic rings. The highest BCUT2D eigenvalue weighted by molar-refractivity contribution is 5.85. The lowest BCUT2D eigenvalue weighted by Crippen LogP contribution is -2.14. The van der Waals surface area contributed by atoms with Gasteiger partial charge in [-0.25, -0.2) is 0 Å². The topological polar surface area (TPSA) is 79.7 Å². The molecule has 0 bridgehead atoms. The number of H-pyrrole nitrogens is 2. The molecular formula is C15H18N4O. The van der Waals surface area contributed by atoms with Gasteiger partial charge in [-0.2, -0.15) is 5.10 Å². The molecule has 3 aromatic rings. The van der Waals surface area contributed by atoms with Crippen molar-refractivity contribution in [2.75, 3.05) is 13.7 Å². The quantitative estimate of drug-likeness (QED) is 0.680. The molecule has 20 heavy (non-hydrogen) atoms. The Morgan fingerprint density at radius 3 is 2.85 bits per heavy atom. The zero-order chi connectivity index (χ0) is 14.1. The average molecular weight is 270 g/mol. The second-order valence-corrected chi connectivity index (χ2v) is 4.92. The summed E-state index contributed by atoms with van der Waals surface area (Å²) in [6.07, 6.45) is 2.01. The summed E-state index contributed by atoms with van der Waals surface area (Å²) in [4.78, 5) is 3.28. The molecule has 1 unspecified atom stereocenters. The van der Waals surface area contributed by atoms with Gasteiger partial charge >= 0.3 is 0 Å². The van der Waals surface area contributed by atoms with E-state index in [4.69, 9.17) is 10.5 Å². The van der Waals surface area contributed by atoms with Gasteiger partial charge in [0.25, 0.3) is 0 Å². The highest BCUT2D eigenvalue weighted by Gasteiger charge is 2.19. The van der Waals surface area contributed by atoms with Crippen molar-refractivity contribution >= 4 is 10.9 Å². The van der Waals surface area contributed by atoms with Crippen LogP contribution < -0.4 is 10.5 Å². The van der Waals surface area contributed by atoms with Crippen molar-refractivity contribution in [2.24, 2.45) is 5.73 Å². The van der Waals surface area contributed by atoms with Crippen molar-refractivity contribution in [1.82, 2.24) is 15.2 Å². The van der Waals surface area contributed by atoms with Crippen LogP contribution >= 0.6 is 0 Å². The fourth-order valence-electron chi connectivity index (χ4n) is 2.56. The van der Waals surface area contributed by atoms with E-state index in [1.54, 1.807) is 7.11 Å². The van der Waals surface area contributed by atoms with E-state index in [2.05, 4.69) is 15.2 Å². The Bertz CT molecular complexity index is 728. The van der Waals surface area contributed by atoms with Crippen molar-refractivity contribution in [2.45, 2.75) is 12.8 Å². The van der Waals surface area contributed by atoms with Crippen LogP contribution in [0.5, 0.6) is 5.75 Å². The SMILES string of the molecule is COc1ccc2[nH]cc(C(CN)c3cc(C)[nH]n3)c2c1. The van der Waals surface area contributed by atoms with E-state index >= 15 is 0 Å². The zero-order valence-electron chi connectivity index (χ0n) is 11.6.